The standard InChI is InChI=1S/C20H36O3/c1-16(2)23-19(21)15-18(4)13-10-12-17(3)11-8-9-14-20(5,6)22-7/h10,13,15-17H,8-9,11-12,14H2,1-7H3/b13-10+,18-15+. The monoisotopic (exact) mass is 324 g/mol. The zero-order valence-corrected chi connectivity index (χ0v) is 16.1. The van der Waals surface area contributed by atoms with Crippen molar-refractivity contribution in [1.29, 1.82) is 0 Å². The van der Waals surface area contributed by atoms with E-state index in [4.69, 9.17) is 9.47 Å². The van der Waals surface area contributed by atoms with Crippen LogP contribution in [0.2, 0.25) is 0 Å². The minimum Gasteiger partial charge on any atom is -0.460 e. The van der Waals surface area contributed by atoms with E-state index < -0.39 is 0 Å². The molecule has 1 unspecified atom stereocenters. The maximum absolute atomic E-state index is 11.5. The number of ether oxygens (including phenoxy) is 2. The number of allylic oxidation sites excluding steroid dienone is 3. The summed E-state index contributed by atoms with van der Waals surface area (Å²) in [5.41, 5.74) is 0.931. The summed E-state index contributed by atoms with van der Waals surface area (Å²) >= 11 is 0. The van der Waals surface area contributed by atoms with E-state index in [0.29, 0.717) is 5.92 Å². The fraction of sp³-hybridized carbons (Fsp3) is 0.750. The Morgan fingerprint density at radius 2 is 1.83 bits per heavy atom. The number of carbonyl (C=O) groups excluding carboxylic acids is 1. The normalized spacial score (nSPS) is 14.5. The largest absolute Gasteiger partial charge is 0.460 e. The van der Waals surface area contributed by atoms with Gasteiger partial charge in [0.15, 0.2) is 0 Å². The van der Waals surface area contributed by atoms with E-state index in [0.717, 1.165) is 18.4 Å². The van der Waals surface area contributed by atoms with E-state index in [9.17, 15) is 4.79 Å². The van der Waals surface area contributed by atoms with Gasteiger partial charge in [-0.1, -0.05) is 38.3 Å². The summed E-state index contributed by atoms with van der Waals surface area (Å²) in [5, 5.41) is 0. The molecule has 134 valence electrons. The summed E-state index contributed by atoms with van der Waals surface area (Å²) in [5.74, 6) is 0.392. The molecule has 0 rings (SSSR count). The van der Waals surface area contributed by atoms with Gasteiger partial charge in [0.2, 0.25) is 0 Å². The van der Waals surface area contributed by atoms with Gasteiger partial charge in [0.1, 0.15) is 0 Å². The molecule has 0 aliphatic rings. The maximum atomic E-state index is 11.5. The summed E-state index contributed by atoms with van der Waals surface area (Å²) in [6.07, 6.45) is 11.4. The van der Waals surface area contributed by atoms with E-state index >= 15 is 0 Å². The molecule has 0 N–H and O–H groups in total. The minimum absolute atomic E-state index is 0.00432. The van der Waals surface area contributed by atoms with Crippen LogP contribution in [-0.2, 0) is 14.3 Å². The molecule has 0 saturated heterocycles. The predicted molar refractivity (Wildman–Crippen MR) is 97.5 cm³/mol. The first kappa shape index (κ1) is 21.9. The molecule has 0 fully saturated rings. The summed E-state index contributed by atoms with van der Waals surface area (Å²) in [6, 6.07) is 0. The van der Waals surface area contributed by atoms with Gasteiger partial charge < -0.3 is 9.47 Å². The molecule has 0 bridgehead atoms. The number of hydrogen-bond acceptors (Lipinski definition) is 3. The molecule has 0 spiro atoms. The Balaban J connectivity index is 3.97. The van der Waals surface area contributed by atoms with Crippen molar-refractivity contribution in [3.8, 4) is 0 Å². The third-order valence-electron chi connectivity index (χ3n) is 3.89. The third-order valence-corrected chi connectivity index (χ3v) is 3.89. The van der Waals surface area contributed by atoms with Crippen molar-refractivity contribution >= 4 is 5.97 Å². The van der Waals surface area contributed by atoms with Crippen LogP contribution >= 0.6 is 0 Å². The van der Waals surface area contributed by atoms with E-state index in [1.807, 2.05) is 26.8 Å². The van der Waals surface area contributed by atoms with Crippen molar-refractivity contribution in [2.45, 2.75) is 85.4 Å². The molecule has 0 radical (unpaired) electrons. The molecule has 0 aliphatic heterocycles. The van der Waals surface area contributed by atoms with Crippen molar-refractivity contribution in [1.82, 2.24) is 0 Å². The highest BCUT2D eigenvalue weighted by Crippen LogP contribution is 2.20. The molecular weight excluding hydrogens is 288 g/mol. The smallest absolute Gasteiger partial charge is 0.331 e. The SMILES string of the molecule is COC(C)(C)CCCCC(C)C/C=C/C(C)=C/C(=O)OC(C)C. The van der Waals surface area contributed by atoms with Crippen LogP contribution in [0, 0.1) is 5.92 Å². The lowest BCUT2D eigenvalue weighted by Gasteiger charge is -2.22. The lowest BCUT2D eigenvalue weighted by atomic mass is 9.95. The number of carbonyl (C=O) groups is 1. The van der Waals surface area contributed by atoms with Crippen molar-refractivity contribution in [2.75, 3.05) is 7.11 Å². The van der Waals surface area contributed by atoms with Gasteiger partial charge in [0, 0.05) is 13.2 Å². The van der Waals surface area contributed by atoms with Crippen molar-refractivity contribution in [3.05, 3.63) is 23.8 Å². The summed E-state index contributed by atoms with van der Waals surface area (Å²) in [7, 11) is 1.78. The van der Waals surface area contributed by atoms with Gasteiger partial charge in [-0.15, -0.1) is 0 Å². The molecule has 0 amide bonds. The molecular formula is C20H36O3. The summed E-state index contributed by atoms with van der Waals surface area (Å²) < 4.78 is 10.5. The first-order valence-electron chi connectivity index (χ1n) is 8.77. The Labute approximate surface area is 143 Å². The highest BCUT2D eigenvalue weighted by atomic mass is 16.5. The Hall–Kier alpha value is -1.09. The molecule has 3 nitrogen and oxygen atoms in total. The highest BCUT2D eigenvalue weighted by molar-refractivity contribution is 5.83. The zero-order chi connectivity index (χ0) is 17.9. The van der Waals surface area contributed by atoms with Gasteiger partial charge in [-0.25, -0.2) is 4.79 Å². The van der Waals surface area contributed by atoms with E-state index in [-0.39, 0.29) is 17.7 Å². The van der Waals surface area contributed by atoms with Gasteiger partial charge in [0.05, 0.1) is 11.7 Å². The van der Waals surface area contributed by atoms with Crippen molar-refractivity contribution in [3.63, 3.8) is 0 Å². The average Bonchev–Trinajstić information content (AvgIpc) is 2.42. The second kappa shape index (κ2) is 11.4. The molecule has 0 aromatic carbocycles. The van der Waals surface area contributed by atoms with Gasteiger partial charge in [0.25, 0.3) is 0 Å². The number of hydrogen-bond donors (Lipinski definition) is 0. The van der Waals surface area contributed by atoms with Crippen LogP contribution < -0.4 is 0 Å². The Kier molecular flexibility index (Phi) is 10.9. The van der Waals surface area contributed by atoms with Gasteiger partial charge in [-0.05, 0) is 59.0 Å². The van der Waals surface area contributed by atoms with Crippen molar-refractivity contribution < 1.29 is 14.3 Å². The molecule has 0 heterocycles. The first-order chi connectivity index (χ1) is 10.7. The van der Waals surface area contributed by atoms with Gasteiger partial charge in [-0.3, -0.25) is 0 Å². The second-order valence-corrected chi connectivity index (χ2v) is 7.33. The average molecular weight is 325 g/mol. The fourth-order valence-corrected chi connectivity index (χ4v) is 2.25. The van der Waals surface area contributed by atoms with Crippen molar-refractivity contribution in [2.24, 2.45) is 5.92 Å². The Bertz CT molecular complexity index is 392. The molecule has 0 aromatic heterocycles. The molecule has 0 aliphatic carbocycles. The molecule has 0 saturated carbocycles. The number of methoxy groups -OCH3 is 1. The van der Waals surface area contributed by atoms with Crippen LogP contribution in [-0.4, -0.2) is 24.8 Å². The maximum Gasteiger partial charge on any atom is 0.331 e. The lowest BCUT2D eigenvalue weighted by molar-refractivity contribution is -0.141. The number of esters is 1. The van der Waals surface area contributed by atoms with Crippen LogP contribution in [0.4, 0.5) is 0 Å². The first-order valence-corrected chi connectivity index (χ1v) is 8.77. The van der Waals surface area contributed by atoms with E-state index in [1.54, 1.807) is 13.2 Å². The lowest BCUT2D eigenvalue weighted by Crippen LogP contribution is -2.21. The topological polar surface area (TPSA) is 35.5 Å². The highest BCUT2D eigenvalue weighted by Gasteiger charge is 2.15. The summed E-state index contributed by atoms with van der Waals surface area (Å²) in [6.45, 7) is 12.2. The molecule has 3 heteroatoms. The number of rotatable bonds is 11. The zero-order valence-electron chi connectivity index (χ0n) is 16.1. The van der Waals surface area contributed by atoms with Crippen LogP contribution in [0.5, 0.6) is 0 Å². The second-order valence-electron chi connectivity index (χ2n) is 7.33. The Morgan fingerprint density at radius 3 is 2.39 bits per heavy atom. The van der Waals surface area contributed by atoms with Crippen LogP contribution in [0.25, 0.3) is 0 Å². The van der Waals surface area contributed by atoms with Crippen LogP contribution in [0.1, 0.15) is 73.6 Å². The van der Waals surface area contributed by atoms with E-state index in [2.05, 4.69) is 26.8 Å². The van der Waals surface area contributed by atoms with Crippen LogP contribution in [0.3, 0.4) is 0 Å². The third kappa shape index (κ3) is 13.1. The quantitative estimate of drug-likeness (QED) is 0.219. The minimum atomic E-state index is -0.268. The molecule has 0 aromatic rings. The number of unbranched alkanes of at least 4 members (excludes halogenated alkanes) is 1. The summed E-state index contributed by atoms with van der Waals surface area (Å²) in [4.78, 5) is 11.5. The van der Waals surface area contributed by atoms with Crippen LogP contribution in [0.15, 0.2) is 23.8 Å². The van der Waals surface area contributed by atoms with E-state index in [1.165, 1.54) is 19.3 Å². The van der Waals surface area contributed by atoms with Gasteiger partial charge >= 0.3 is 5.97 Å². The predicted octanol–water partition coefficient (Wildman–Crippen LogP) is 5.45. The Morgan fingerprint density at radius 1 is 1.17 bits per heavy atom. The fourth-order valence-electron chi connectivity index (χ4n) is 2.25. The molecule has 23 heavy (non-hydrogen) atoms. The van der Waals surface area contributed by atoms with Gasteiger partial charge in [-0.2, -0.15) is 0 Å². The molecule has 1 atom stereocenters.